The molecule has 0 heterocycles. The number of hydrogen-bond donors (Lipinski definition) is 1. The molecule has 4 nitrogen and oxygen atoms in total. The third-order valence-electron chi connectivity index (χ3n) is 3.86. The highest BCUT2D eigenvalue weighted by atomic mass is 32.2. The Bertz CT molecular complexity index is 882. The molecule has 0 saturated heterocycles. The van der Waals surface area contributed by atoms with E-state index in [1.165, 1.54) is 0 Å². The summed E-state index contributed by atoms with van der Waals surface area (Å²) in [6.07, 6.45) is -0.631. The van der Waals surface area contributed by atoms with Gasteiger partial charge in [-0.05, 0) is 55.5 Å². The second-order valence-corrected chi connectivity index (χ2v) is 6.95. The molecule has 138 valence electrons. The molecule has 0 spiro atoms. The average Bonchev–Trinajstić information content (AvgIpc) is 2.71. The molecule has 0 aromatic heterocycles. The molecule has 0 aliphatic rings. The van der Waals surface area contributed by atoms with Crippen molar-refractivity contribution in [2.24, 2.45) is 0 Å². The Balaban J connectivity index is 1.66. The van der Waals surface area contributed by atoms with Gasteiger partial charge in [0.15, 0.2) is 6.10 Å². The van der Waals surface area contributed by atoms with E-state index in [1.807, 2.05) is 54.6 Å². The van der Waals surface area contributed by atoms with Gasteiger partial charge in [0.2, 0.25) is 0 Å². The summed E-state index contributed by atoms with van der Waals surface area (Å²) in [7, 11) is 1.61. The van der Waals surface area contributed by atoms with E-state index in [1.54, 1.807) is 50.1 Å². The summed E-state index contributed by atoms with van der Waals surface area (Å²) in [5.41, 5.74) is 0.765. The van der Waals surface area contributed by atoms with Crippen molar-refractivity contribution < 1.29 is 14.3 Å². The van der Waals surface area contributed by atoms with E-state index in [9.17, 15) is 4.79 Å². The first-order chi connectivity index (χ1) is 13.2. The molecule has 1 amide bonds. The number of rotatable bonds is 7. The molecule has 0 aliphatic carbocycles. The molecule has 3 rings (SSSR count). The first kappa shape index (κ1) is 18.9. The minimum Gasteiger partial charge on any atom is -0.497 e. The second kappa shape index (κ2) is 9.14. The predicted molar refractivity (Wildman–Crippen MR) is 109 cm³/mol. The SMILES string of the molecule is COc1ccc(OC(C)C(=O)Nc2ccccc2Sc2ccccc2)cc1. The minimum absolute atomic E-state index is 0.202. The Hall–Kier alpha value is -2.92. The zero-order valence-corrected chi connectivity index (χ0v) is 16.0. The van der Waals surface area contributed by atoms with Gasteiger partial charge in [-0.1, -0.05) is 42.1 Å². The van der Waals surface area contributed by atoms with Crippen molar-refractivity contribution in [3.05, 3.63) is 78.9 Å². The van der Waals surface area contributed by atoms with Crippen molar-refractivity contribution >= 4 is 23.4 Å². The first-order valence-electron chi connectivity index (χ1n) is 8.59. The number of carbonyl (C=O) groups excluding carboxylic acids is 1. The van der Waals surface area contributed by atoms with Crippen LogP contribution in [0.5, 0.6) is 11.5 Å². The van der Waals surface area contributed by atoms with Gasteiger partial charge in [0.1, 0.15) is 11.5 Å². The molecule has 0 bridgehead atoms. The van der Waals surface area contributed by atoms with Crippen LogP contribution in [0.4, 0.5) is 5.69 Å². The normalized spacial score (nSPS) is 11.5. The second-order valence-electron chi connectivity index (χ2n) is 5.84. The summed E-state index contributed by atoms with van der Waals surface area (Å²) >= 11 is 1.61. The highest BCUT2D eigenvalue weighted by Gasteiger charge is 2.16. The Morgan fingerprint density at radius 1 is 0.889 bits per heavy atom. The number of hydrogen-bond acceptors (Lipinski definition) is 4. The number of carbonyl (C=O) groups is 1. The molecule has 0 radical (unpaired) electrons. The topological polar surface area (TPSA) is 47.6 Å². The highest BCUT2D eigenvalue weighted by molar-refractivity contribution is 7.99. The van der Waals surface area contributed by atoms with Gasteiger partial charge in [0.25, 0.3) is 5.91 Å². The van der Waals surface area contributed by atoms with Gasteiger partial charge in [0.05, 0.1) is 12.8 Å². The Morgan fingerprint density at radius 3 is 2.22 bits per heavy atom. The molecule has 0 aliphatic heterocycles. The smallest absolute Gasteiger partial charge is 0.265 e. The molecule has 27 heavy (non-hydrogen) atoms. The van der Waals surface area contributed by atoms with Gasteiger partial charge in [0, 0.05) is 9.79 Å². The summed E-state index contributed by atoms with van der Waals surface area (Å²) < 4.78 is 10.9. The van der Waals surface area contributed by atoms with Crippen LogP contribution in [0.2, 0.25) is 0 Å². The van der Waals surface area contributed by atoms with Crippen LogP contribution in [0.1, 0.15) is 6.92 Å². The van der Waals surface area contributed by atoms with Crippen LogP contribution >= 0.6 is 11.8 Å². The zero-order chi connectivity index (χ0) is 19.1. The number of methoxy groups -OCH3 is 1. The monoisotopic (exact) mass is 379 g/mol. The lowest BCUT2D eigenvalue weighted by atomic mass is 10.3. The van der Waals surface area contributed by atoms with Crippen molar-refractivity contribution in [3.63, 3.8) is 0 Å². The van der Waals surface area contributed by atoms with Crippen LogP contribution < -0.4 is 14.8 Å². The standard InChI is InChI=1S/C22H21NO3S/c1-16(26-18-14-12-17(25-2)13-15-18)22(24)23-20-10-6-7-11-21(20)27-19-8-4-3-5-9-19/h3-16H,1-2H3,(H,23,24). The summed E-state index contributed by atoms with van der Waals surface area (Å²) in [6.45, 7) is 1.73. The lowest BCUT2D eigenvalue weighted by molar-refractivity contribution is -0.122. The van der Waals surface area contributed by atoms with E-state index in [0.717, 1.165) is 21.2 Å². The molecule has 5 heteroatoms. The maximum absolute atomic E-state index is 12.6. The van der Waals surface area contributed by atoms with E-state index < -0.39 is 6.10 Å². The number of nitrogens with one attached hydrogen (secondary N) is 1. The fourth-order valence-electron chi connectivity index (χ4n) is 2.42. The largest absolute Gasteiger partial charge is 0.497 e. The summed E-state index contributed by atoms with van der Waals surface area (Å²) in [4.78, 5) is 14.7. The quantitative estimate of drug-likeness (QED) is 0.609. The molecule has 3 aromatic carbocycles. The average molecular weight is 379 g/mol. The molecule has 1 N–H and O–H groups in total. The fourth-order valence-corrected chi connectivity index (χ4v) is 3.34. The number of amides is 1. The zero-order valence-electron chi connectivity index (χ0n) is 15.2. The molecule has 3 aromatic rings. The lowest BCUT2D eigenvalue weighted by Gasteiger charge is -2.16. The van der Waals surface area contributed by atoms with E-state index in [-0.39, 0.29) is 5.91 Å². The summed E-state index contributed by atoms with van der Waals surface area (Å²) in [5, 5.41) is 2.96. The predicted octanol–water partition coefficient (Wildman–Crippen LogP) is 5.25. The van der Waals surface area contributed by atoms with E-state index >= 15 is 0 Å². The van der Waals surface area contributed by atoms with Crippen LogP contribution in [0.15, 0.2) is 88.7 Å². The highest BCUT2D eigenvalue weighted by Crippen LogP contribution is 2.33. The van der Waals surface area contributed by atoms with E-state index in [4.69, 9.17) is 9.47 Å². The number of para-hydroxylation sites is 1. The third-order valence-corrected chi connectivity index (χ3v) is 4.94. The van der Waals surface area contributed by atoms with Crippen molar-refractivity contribution in [1.82, 2.24) is 0 Å². The van der Waals surface area contributed by atoms with Crippen LogP contribution in [-0.2, 0) is 4.79 Å². The van der Waals surface area contributed by atoms with Gasteiger partial charge in [-0.3, -0.25) is 4.79 Å². The minimum atomic E-state index is -0.631. The summed E-state index contributed by atoms with van der Waals surface area (Å²) in [6, 6.07) is 24.9. The van der Waals surface area contributed by atoms with Crippen molar-refractivity contribution in [2.75, 3.05) is 12.4 Å². The molecule has 1 atom stereocenters. The molecule has 1 unspecified atom stereocenters. The molecule has 0 fully saturated rings. The Morgan fingerprint density at radius 2 is 1.52 bits per heavy atom. The van der Waals surface area contributed by atoms with Gasteiger partial charge in [-0.15, -0.1) is 0 Å². The number of benzene rings is 3. The number of ether oxygens (including phenoxy) is 2. The van der Waals surface area contributed by atoms with Crippen LogP contribution in [0.3, 0.4) is 0 Å². The summed E-state index contributed by atoms with van der Waals surface area (Å²) in [5.74, 6) is 1.16. The lowest BCUT2D eigenvalue weighted by Crippen LogP contribution is -2.30. The Kier molecular flexibility index (Phi) is 6.39. The molecular weight excluding hydrogens is 358 g/mol. The molecular formula is C22H21NO3S. The molecule has 0 saturated carbocycles. The fraction of sp³-hybridized carbons (Fsp3) is 0.136. The Labute approximate surface area is 163 Å². The van der Waals surface area contributed by atoms with Gasteiger partial charge >= 0.3 is 0 Å². The van der Waals surface area contributed by atoms with Crippen molar-refractivity contribution in [3.8, 4) is 11.5 Å². The van der Waals surface area contributed by atoms with Crippen molar-refractivity contribution in [1.29, 1.82) is 0 Å². The number of anilines is 1. The maximum Gasteiger partial charge on any atom is 0.265 e. The third kappa shape index (κ3) is 5.28. The van der Waals surface area contributed by atoms with Crippen LogP contribution in [-0.4, -0.2) is 19.1 Å². The van der Waals surface area contributed by atoms with E-state index in [0.29, 0.717) is 5.75 Å². The van der Waals surface area contributed by atoms with Crippen molar-refractivity contribution in [2.45, 2.75) is 22.8 Å². The van der Waals surface area contributed by atoms with Crippen LogP contribution in [0, 0.1) is 0 Å². The first-order valence-corrected chi connectivity index (χ1v) is 9.41. The van der Waals surface area contributed by atoms with E-state index in [2.05, 4.69) is 5.32 Å². The van der Waals surface area contributed by atoms with Gasteiger partial charge in [-0.25, -0.2) is 0 Å². The van der Waals surface area contributed by atoms with Crippen LogP contribution in [0.25, 0.3) is 0 Å². The maximum atomic E-state index is 12.6. The van der Waals surface area contributed by atoms with Gasteiger partial charge < -0.3 is 14.8 Å². The van der Waals surface area contributed by atoms with Gasteiger partial charge in [-0.2, -0.15) is 0 Å².